The van der Waals surface area contributed by atoms with Gasteiger partial charge in [-0.1, -0.05) is 60.5 Å². The first-order chi connectivity index (χ1) is 13.7. The highest BCUT2D eigenvalue weighted by molar-refractivity contribution is 6.42. The van der Waals surface area contributed by atoms with Crippen LogP contribution in [0.2, 0.25) is 10.0 Å². The highest BCUT2D eigenvalue weighted by atomic mass is 35.5. The monoisotopic (exact) mass is 434 g/mol. The van der Waals surface area contributed by atoms with Gasteiger partial charge in [0.2, 0.25) is 11.8 Å². The summed E-state index contributed by atoms with van der Waals surface area (Å²) in [6, 6.07) is 12.5. The highest BCUT2D eigenvalue weighted by Gasteiger charge is 2.27. The van der Waals surface area contributed by atoms with Gasteiger partial charge in [0.25, 0.3) is 0 Å². The van der Waals surface area contributed by atoms with Crippen molar-refractivity contribution >= 4 is 35.0 Å². The largest absolute Gasteiger partial charge is 0.352 e. The van der Waals surface area contributed by atoms with Crippen molar-refractivity contribution in [2.24, 2.45) is 0 Å². The smallest absolute Gasteiger partial charge is 0.242 e. The van der Waals surface area contributed by atoms with Crippen molar-refractivity contribution < 1.29 is 9.59 Å². The predicted octanol–water partition coefficient (Wildman–Crippen LogP) is 5.18. The fraction of sp³-hybridized carbons (Fsp3) is 0.391. The minimum absolute atomic E-state index is 0.0513. The van der Waals surface area contributed by atoms with Gasteiger partial charge in [-0.25, -0.2) is 0 Å². The summed E-state index contributed by atoms with van der Waals surface area (Å²) in [4.78, 5) is 27.6. The average molecular weight is 435 g/mol. The molecule has 2 rings (SSSR count). The third-order valence-corrected chi connectivity index (χ3v) is 5.85. The second-order valence-electron chi connectivity index (χ2n) is 7.37. The zero-order chi connectivity index (χ0) is 21.6. The number of halogens is 2. The molecule has 2 unspecified atom stereocenters. The van der Waals surface area contributed by atoms with Gasteiger partial charge in [-0.3, -0.25) is 9.59 Å². The van der Waals surface area contributed by atoms with Crippen LogP contribution in [0.4, 0.5) is 0 Å². The fourth-order valence-corrected chi connectivity index (χ4v) is 3.27. The molecule has 4 nitrogen and oxygen atoms in total. The quantitative estimate of drug-likeness (QED) is 0.622. The molecule has 0 aliphatic carbocycles. The van der Waals surface area contributed by atoms with E-state index in [1.54, 1.807) is 30.0 Å². The zero-order valence-electron chi connectivity index (χ0n) is 17.3. The standard InChI is InChI=1S/C23H28Cl2N2O2/c1-5-16(3)26-23(29)17(4)27(14-19-9-7-6-8-15(19)2)22(28)13-18-10-11-20(24)21(25)12-18/h6-12,16-17H,5,13-14H2,1-4H3,(H,26,29). The van der Waals surface area contributed by atoms with Crippen LogP contribution in [0.15, 0.2) is 42.5 Å². The van der Waals surface area contributed by atoms with Crippen molar-refractivity contribution in [3.05, 3.63) is 69.2 Å². The molecular formula is C23H28Cl2N2O2. The molecule has 0 radical (unpaired) electrons. The Kier molecular flexibility index (Phi) is 8.54. The van der Waals surface area contributed by atoms with E-state index < -0.39 is 6.04 Å². The predicted molar refractivity (Wildman–Crippen MR) is 119 cm³/mol. The van der Waals surface area contributed by atoms with Crippen LogP contribution in [0.25, 0.3) is 0 Å². The minimum atomic E-state index is -0.598. The van der Waals surface area contributed by atoms with Crippen molar-refractivity contribution in [2.45, 2.75) is 59.2 Å². The maximum atomic E-state index is 13.2. The Labute approximate surface area is 183 Å². The van der Waals surface area contributed by atoms with Crippen LogP contribution in [-0.4, -0.2) is 28.8 Å². The van der Waals surface area contributed by atoms with E-state index in [1.807, 2.05) is 45.0 Å². The SMILES string of the molecule is CCC(C)NC(=O)C(C)N(Cc1ccccc1C)C(=O)Cc1ccc(Cl)c(Cl)c1. The van der Waals surface area contributed by atoms with Crippen molar-refractivity contribution in [1.29, 1.82) is 0 Å². The summed E-state index contributed by atoms with van der Waals surface area (Å²) in [5.74, 6) is -0.297. The molecule has 0 spiro atoms. The number of carbonyl (C=O) groups is 2. The Bertz CT molecular complexity index is 870. The van der Waals surface area contributed by atoms with Gasteiger partial charge >= 0.3 is 0 Å². The molecule has 6 heteroatoms. The Morgan fingerprint density at radius 1 is 1.07 bits per heavy atom. The zero-order valence-corrected chi connectivity index (χ0v) is 18.8. The summed E-state index contributed by atoms with van der Waals surface area (Å²) < 4.78 is 0. The maximum Gasteiger partial charge on any atom is 0.242 e. The Morgan fingerprint density at radius 3 is 2.38 bits per heavy atom. The van der Waals surface area contributed by atoms with Gasteiger partial charge < -0.3 is 10.2 Å². The number of nitrogens with one attached hydrogen (secondary N) is 1. The molecule has 1 N–H and O–H groups in total. The summed E-state index contributed by atoms with van der Waals surface area (Å²) in [7, 11) is 0. The van der Waals surface area contributed by atoms with Crippen LogP contribution >= 0.6 is 23.2 Å². The lowest BCUT2D eigenvalue weighted by molar-refractivity contribution is -0.140. The van der Waals surface area contributed by atoms with Gasteiger partial charge in [-0.05, 0) is 56.0 Å². The van der Waals surface area contributed by atoms with Crippen LogP contribution in [0.5, 0.6) is 0 Å². The Morgan fingerprint density at radius 2 is 1.76 bits per heavy atom. The lowest BCUT2D eigenvalue weighted by Gasteiger charge is -2.30. The van der Waals surface area contributed by atoms with E-state index in [4.69, 9.17) is 23.2 Å². The molecule has 2 aromatic rings. The van der Waals surface area contributed by atoms with Gasteiger partial charge in [0.15, 0.2) is 0 Å². The van der Waals surface area contributed by atoms with Gasteiger partial charge in [0.1, 0.15) is 6.04 Å². The molecule has 156 valence electrons. The molecule has 0 bridgehead atoms. The van der Waals surface area contributed by atoms with E-state index in [0.717, 1.165) is 23.1 Å². The second-order valence-corrected chi connectivity index (χ2v) is 8.18. The van der Waals surface area contributed by atoms with Crippen molar-refractivity contribution in [3.8, 4) is 0 Å². The van der Waals surface area contributed by atoms with Crippen LogP contribution in [-0.2, 0) is 22.6 Å². The molecule has 29 heavy (non-hydrogen) atoms. The van der Waals surface area contributed by atoms with Gasteiger partial charge in [-0.15, -0.1) is 0 Å². The van der Waals surface area contributed by atoms with E-state index >= 15 is 0 Å². The van der Waals surface area contributed by atoms with Crippen molar-refractivity contribution in [1.82, 2.24) is 10.2 Å². The first-order valence-electron chi connectivity index (χ1n) is 9.81. The maximum absolute atomic E-state index is 13.2. The molecule has 2 amide bonds. The van der Waals surface area contributed by atoms with E-state index in [2.05, 4.69) is 5.32 Å². The van der Waals surface area contributed by atoms with Crippen LogP contribution in [0, 0.1) is 6.92 Å². The van der Waals surface area contributed by atoms with Gasteiger partial charge in [0.05, 0.1) is 16.5 Å². The molecule has 0 fully saturated rings. The molecule has 0 aliphatic heterocycles. The second kappa shape index (κ2) is 10.7. The molecule has 0 heterocycles. The normalized spacial score (nSPS) is 12.9. The summed E-state index contributed by atoms with van der Waals surface area (Å²) in [5, 5.41) is 3.83. The number of nitrogens with zero attached hydrogens (tertiary/aromatic N) is 1. The summed E-state index contributed by atoms with van der Waals surface area (Å²) >= 11 is 12.1. The molecule has 0 saturated carbocycles. The molecule has 0 aliphatic rings. The first kappa shape index (κ1) is 23.2. The third-order valence-electron chi connectivity index (χ3n) is 5.11. The Hall–Kier alpha value is -2.04. The molecule has 2 atom stereocenters. The third kappa shape index (κ3) is 6.48. The summed E-state index contributed by atoms with van der Waals surface area (Å²) in [5.41, 5.74) is 2.85. The summed E-state index contributed by atoms with van der Waals surface area (Å²) in [6.45, 7) is 8.09. The Balaban J connectivity index is 2.27. The number of hydrogen-bond donors (Lipinski definition) is 1. The number of benzene rings is 2. The molecule has 0 aromatic heterocycles. The summed E-state index contributed by atoms with van der Waals surface area (Å²) in [6.07, 6.45) is 0.969. The van der Waals surface area contributed by atoms with Gasteiger partial charge in [0, 0.05) is 12.6 Å². The number of rotatable bonds is 8. The number of amides is 2. The van der Waals surface area contributed by atoms with E-state index in [9.17, 15) is 9.59 Å². The van der Waals surface area contributed by atoms with E-state index in [0.29, 0.717) is 16.6 Å². The molecule has 0 saturated heterocycles. The lowest BCUT2D eigenvalue weighted by atomic mass is 10.1. The fourth-order valence-electron chi connectivity index (χ4n) is 2.94. The molecule has 2 aromatic carbocycles. The highest BCUT2D eigenvalue weighted by Crippen LogP contribution is 2.23. The van der Waals surface area contributed by atoms with Crippen molar-refractivity contribution in [3.63, 3.8) is 0 Å². The van der Waals surface area contributed by atoms with E-state index in [-0.39, 0.29) is 24.3 Å². The van der Waals surface area contributed by atoms with E-state index in [1.165, 1.54) is 0 Å². The minimum Gasteiger partial charge on any atom is -0.352 e. The average Bonchev–Trinajstić information content (AvgIpc) is 2.69. The number of carbonyl (C=O) groups excluding carboxylic acids is 2. The lowest BCUT2D eigenvalue weighted by Crippen LogP contribution is -2.50. The van der Waals surface area contributed by atoms with Gasteiger partial charge in [-0.2, -0.15) is 0 Å². The topological polar surface area (TPSA) is 49.4 Å². The van der Waals surface area contributed by atoms with Crippen molar-refractivity contribution in [2.75, 3.05) is 0 Å². The van der Waals surface area contributed by atoms with Crippen LogP contribution in [0.1, 0.15) is 43.9 Å². The number of hydrogen-bond acceptors (Lipinski definition) is 2. The first-order valence-corrected chi connectivity index (χ1v) is 10.6. The molecular weight excluding hydrogens is 407 g/mol. The van der Waals surface area contributed by atoms with Crippen LogP contribution in [0.3, 0.4) is 0 Å². The van der Waals surface area contributed by atoms with Crippen LogP contribution < -0.4 is 5.32 Å². The number of aryl methyl sites for hydroxylation is 1.